The van der Waals surface area contributed by atoms with E-state index in [1.807, 2.05) is 6.07 Å². The molecule has 0 bridgehead atoms. The van der Waals surface area contributed by atoms with Gasteiger partial charge in [-0.2, -0.15) is 0 Å². The second kappa shape index (κ2) is 6.84. The molecule has 108 valence electrons. The van der Waals surface area contributed by atoms with E-state index in [-0.39, 0.29) is 6.10 Å². The van der Waals surface area contributed by atoms with Crippen LogP contribution in [-0.4, -0.2) is 23.2 Å². The van der Waals surface area contributed by atoms with Gasteiger partial charge in [-0.25, -0.2) is 0 Å². The van der Waals surface area contributed by atoms with Gasteiger partial charge in [-0.05, 0) is 51.3 Å². The van der Waals surface area contributed by atoms with Gasteiger partial charge in [-0.3, -0.25) is 0 Å². The Morgan fingerprint density at radius 1 is 0.895 bits per heavy atom. The van der Waals surface area contributed by atoms with Gasteiger partial charge in [0.1, 0.15) is 0 Å². The summed E-state index contributed by atoms with van der Waals surface area (Å²) in [4.78, 5) is 0. The van der Waals surface area contributed by atoms with Crippen LogP contribution < -0.4 is 0 Å². The van der Waals surface area contributed by atoms with E-state index in [4.69, 9.17) is 8.85 Å². The monoisotopic (exact) mass is 296 g/mol. The Labute approximate surface area is 120 Å². The summed E-state index contributed by atoms with van der Waals surface area (Å²) in [5.74, 6) is 0. The maximum atomic E-state index is 6.31. The van der Waals surface area contributed by atoms with Crippen LogP contribution >= 0.6 is 0 Å². The van der Waals surface area contributed by atoms with Crippen molar-refractivity contribution in [2.24, 2.45) is 0 Å². The van der Waals surface area contributed by atoms with Crippen LogP contribution in [0.25, 0.3) is 0 Å². The fourth-order valence-electron chi connectivity index (χ4n) is 1.86. The molecule has 19 heavy (non-hydrogen) atoms. The zero-order valence-corrected chi connectivity index (χ0v) is 15.2. The Balaban J connectivity index is 2.66. The molecular weight excluding hydrogens is 268 g/mol. The quantitative estimate of drug-likeness (QED) is 0.672. The van der Waals surface area contributed by atoms with Crippen molar-refractivity contribution < 1.29 is 8.85 Å². The Bertz CT molecular complexity index is 366. The molecule has 1 rings (SSSR count). The molecule has 1 aromatic rings. The first kappa shape index (κ1) is 16.6. The van der Waals surface area contributed by atoms with E-state index in [1.54, 1.807) is 0 Å². The molecule has 0 spiro atoms. The van der Waals surface area contributed by atoms with Crippen LogP contribution in [0.4, 0.5) is 0 Å². The van der Waals surface area contributed by atoms with Crippen molar-refractivity contribution >= 4 is 16.6 Å². The predicted molar refractivity (Wildman–Crippen MR) is 87.5 cm³/mol. The van der Waals surface area contributed by atoms with Gasteiger partial charge in [0.05, 0.1) is 6.10 Å². The third-order valence-electron chi connectivity index (χ3n) is 2.58. The van der Waals surface area contributed by atoms with E-state index in [0.717, 1.165) is 13.0 Å². The average Bonchev–Trinajstić information content (AvgIpc) is 2.25. The van der Waals surface area contributed by atoms with Crippen LogP contribution in [0.15, 0.2) is 30.3 Å². The lowest BCUT2D eigenvalue weighted by molar-refractivity contribution is 0.155. The van der Waals surface area contributed by atoms with Gasteiger partial charge >= 0.3 is 0 Å². The van der Waals surface area contributed by atoms with Crippen molar-refractivity contribution in [2.75, 3.05) is 6.61 Å². The fraction of sp³-hybridized carbons (Fsp3) is 0.600. The van der Waals surface area contributed by atoms with Crippen molar-refractivity contribution in [2.45, 2.75) is 51.8 Å². The Kier molecular flexibility index (Phi) is 5.98. The van der Waals surface area contributed by atoms with E-state index >= 15 is 0 Å². The summed E-state index contributed by atoms with van der Waals surface area (Å²) in [6.07, 6.45) is 1.11. The first-order valence-corrected chi connectivity index (χ1v) is 13.9. The van der Waals surface area contributed by atoms with Gasteiger partial charge in [0.2, 0.25) is 0 Å². The maximum absolute atomic E-state index is 6.31. The molecule has 0 heterocycles. The normalized spacial score (nSPS) is 14.4. The van der Waals surface area contributed by atoms with Crippen LogP contribution in [0.3, 0.4) is 0 Å². The van der Waals surface area contributed by atoms with Crippen LogP contribution in [0.1, 0.15) is 18.1 Å². The molecule has 1 unspecified atom stereocenters. The summed E-state index contributed by atoms with van der Waals surface area (Å²) in [5.41, 5.74) is 1.27. The lowest BCUT2D eigenvalue weighted by Crippen LogP contribution is -2.30. The lowest BCUT2D eigenvalue weighted by Gasteiger charge is -2.28. The highest BCUT2D eigenvalue weighted by molar-refractivity contribution is 6.70. The molecule has 0 saturated carbocycles. The van der Waals surface area contributed by atoms with Gasteiger partial charge in [-0.15, -0.1) is 0 Å². The number of hydrogen-bond acceptors (Lipinski definition) is 2. The van der Waals surface area contributed by atoms with E-state index in [1.165, 1.54) is 5.56 Å². The number of benzene rings is 1. The highest BCUT2D eigenvalue weighted by Crippen LogP contribution is 2.25. The Morgan fingerprint density at radius 2 is 1.47 bits per heavy atom. The molecule has 0 N–H and O–H groups in total. The summed E-state index contributed by atoms with van der Waals surface area (Å²) in [7, 11) is -2.97. The molecule has 0 aliphatic rings. The maximum Gasteiger partial charge on any atom is 0.184 e. The Hall–Kier alpha value is -0.426. The van der Waals surface area contributed by atoms with Crippen LogP contribution in [0, 0.1) is 0 Å². The molecule has 0 aliphatic heterocycles. The molecule has 0 fully saturated rings. The van der Waals surface area contributed by atoms with E-state index in [2.05, 4.69) is 63.5 Å². The van der Waals surface area contributed by atoms with Gasteiger partial charge < -0.3 is 8.85 Å². The minimum Gasteiger partial charge on any atom is -0.418 e. The smallest absolute Gasteiger partial charge is 0.184 e. The van der Waals surface area contributed by atoms with Gasteiger partial charge in [0.25, 0.3) is 0 Å². The zero-order valence-electron chi connectivity index (χ0n) is 13.2. The minimum atomic E-state index is -1.54. The van der Waals surface area contributed by atoms with Crippen molar-refractivity contribution in [3.05, 3.63) is 35.9 Å². The standard InChI is InChI=1S/C15H28O2Si2/c1-18(2,3)16-13-12-15(17-19(4,5)6)14-10-8-7-9-11-14/h7-11,15H,12-13H2,1-6H3. The third kappa shape index (κ3) is 7.67. The molecule has 0 aromatic heterocycles. The van der Waals surface area contributed by atoms with Crippen LogP contribution in [0.2, 0.25) is 39.3 Å². The zero-order chi connectivity index (χ0) is 14.5. The highest BCUT2D eigenvalue weighted by Gasteiger charge is 2.23. The first-order valence-electron chi connectivity index (χ1n) is 7.04. The van der Waals surface area contributed by atoms with Gasteiger partial charge in [0.15, 0.2) is 16.6 Å². The fourth-order valence-corrected chi connectivity index (χ4v) is 3.70. The van der Waals surface area contributed by atoms with Gasteiger partial charge in [-0.1, -0.05) is 30.3 Å². The van der Waals surface area contributed by atoms with Gasteiger partial charge in [0, 0.05) is 6.61 Å². The number of hydrogen-bond donors (Lipinski definition) is 0. The number of rotatable bonds is 7. The summed E-state index contributed by atoms with van der Waals surface area (Å²) >= 11 is 0. The topological polar surface area (TPSA) is 18.5 Å². The first-order chi connectivity index (χ1) is 8.67. The van der Waals surface area contributed by atoms with Crippen molar-refractivity contribution in [1.82, 2.24) is 0 Å². The molecule has 2 nitrogen and oxygen atoms in total. The molecule has 0 radical (unpaired) electrons. The second-order valence-electron chi connectivity index (χ2n) is 6.88. The van der Waals surface area contributed by atoms with E-state index in [9.17, 15) is 0 Å². The Morgan fingerprint density at radius 3 is 1.95 bits per heavy atom. The highest BCUT2D eigenvalue weighted by atomic mass is 28.4. The molecule has 1 atom stereocenters. The third-order valence-corrected chi connectivity index (χ3v) is 4.64. The SMILES string of the molecule is C[Si](C)(C)OCCC(O[Si](C)(C)C)c1ccccc1. The van der Waals surface area contributed by atoms with E-state index in [0.29, 0.717) is 0 Å². The van der Waals surface area contributed by atoms with E-state index < -0.39 is 16.6 Å². The van der Waals surface area contributed by atoms with Crippen molar-refractivity contribution in [1.29, 1.82) is 0 Å². The molecule has 1 aromatic carbocycles. The average molecular weight is 297 g/mol. The molecule has 0 amide bonds. The van der Waals surface area contributed by atoms with Crippen molar-refractivity contribution in [3.63, 3.8) is 0 Å². The molecule has 0 aliphatic carbocycles. The minimum absolute atomic E-state index is 0.171. The predicted octanol–water partition coefficient (Wildman–Crippen LogP) is 4.82. The van der Waals surface area contributed by atoms with Crippen LogP contribution in [-0.2, 0) is 8.85 Å². The summed E-state index contributed by atoms with van der Waals surface area (Å²) in [5, 5.41) is 0. The van der Waals surface area contributed by atoms with Crippen molar-refractivity contribution in [3.8, 4) is 0 Å². The lowest BCUT2D eigenvalue weighted by atomic mass is 10.1. The summed E-state index contributed by atoms with van der Waals surface area (Å²) in [6, 6.07) is 10.5. The molecule has 0 saturated heterocycles. The van der Waals surface area contributed by atoms with Crippen LogP contribution in [0.5, 0.6) is 0 Å². The summed E-state index contributed by atoms with van der Waals surface area (Å²) < 4.78 is 12.3. The largest absolute Gasteiger partial charge is 0.418 e. The molecular formula is C15H28O2Si2. The summed E-state index contributed by atoms with van der Waals surface area (Å²) in [6.45, 7) is 14.2. The second-order valence-corrected chi connectivity index (χ2v) is 15.9. The molecule has 4 heteroatoms.